The molecule has 0 aromatic heterocycles. The molecule has 1 aliphatic rings. The quantitative estimate of drug-likeness (QED) is 0.436. The molecule has 1 heterocycles. The Bertz CT molecular complexity index is 874. The van der Waals surface area contributed by atoms with E-state index in [1.807, 2.05) is 42.2 Å². The van der Waals surface area contributed by atoms with Crippen molar-refractivity contribution >= 4 is 15.9 Å². The summed E-state index contributed by atoms with van der Waals surface area (Å²) in [5, 5.41) is 10.4. The Morgan fingerprint density at radius 3 is 1.66 bits per heavy atom. The lowest BCUT2D eigenvalue weighted by Crippen LogP contribution is -2.56. The third-order valence-corrected chi connectivity index (χ3v) is 5.99. The van der Waals surface area contributed by atoms with Crippen LogP contribution in [0.4, 0.5) is 0 Å². The van der Waals surface area contributed by atoms with E-state index in [9.17, 15) is 5.26 Å². The first-order valence-electron chi connectivity index (χ1n) is 9.95. The minimum Gasteiger partial charge on any atom is -0.296 e. The zero-order valence-corrected chi connectivity index (χ0v) is 18.6. The van der Waals surface area contributed by atoms with Gasteiger partial charge in [-0.05, 0) is 29.4 Å². The normalized spacial score (nSPS) is 15.4. The van der Waals surface area contributed by atoms with E-state index < -0.39 is 5.41 Å². The predicted molar refractivity (Wildman–Crippen MR) is 124 cm³/mol. The van der Waals surface area contributed by atoms with E-state index in [-0.39, 0.29) is 5.92 Å². The van der Waals surface area contributed by atoms with Gasteiger partial charge in [0.2, 0.25) is 0 Å². The molecule has 2 nitrogen and oxygen atoms in total. The first-order valence-corrected chi connectivity index (χ1v) is 11.5. The molecule has 3 aromatic carbocycles. The van der Waals surface area contributed by atoms with Crippen LogP contribution in [0.15, 0.2) is 91.0 Å². The van der Waals surface area contributed by atoms with Crippen molar-refractivity contribution in [3.05, 3.63) is 108 Å². The van der Waals surface area contributed by atoms with Crippen LogP contribution in [0.5, 0.6) is 0 Å². The number of rotatable bonds is 5. The van der Waals surface area contributed by atoms with E-state index >= 15 is 0 Å². The monoisotopic (exact) mass is 446 g/mol. The SMILES string of the molecule is CBr.CC(c1ccccc1)N1CC(C(C#N)(c2ccccc2)c2ccccc2)C1. The summed E-state index contributed by atoms with van der Waals surface area (Å²) in [7, 11) is 0. The van der Waals surface area contributed by atoms with Crippen LogP contribution in [0.2, 0.25) is 0 Å². The molecule has 4 rings (SSSR count). The molecule has 148 valence electrons. The summed E-state index contributed by atoms with van der Waals surface area (Å²) < 4.78 is 0. The standard InChI is InChI=1S/C25H24N2.CH3Br/c1-20(21-11-5-2-6-12-21)27-17-24(18-27)25(19-26,22-13-7-3-8-14-22)23-15-9-4-10-16-23;1-2/h2-16,20,24H,17-18H2,1H3;1H3. The smallest absolute Gasteiger partial charge is 0.112 e. The van der Waals surface area contributed by atoms with Gasteiger partial charge in [0.15, 0.2) is 0 Å². The Kier molecular flexibility index (Phi) is 7.25. The molecule has 1 atom stereocenters. The van der Waals surface area contributed by atoms with E-state index in [1.54, 1.807) is 0 Å². The maximum Gasteiger partial charge on any atom is 0.112 e. The van der Waals surface area contributed by atoms with Gasteiger partial charge in [-0.3, -0.25) is 4.90 Å². The minimum absolute atomic E-state index is 0.276. The summed E-state index contributed by atoms with van der Waals surface area (Å²) >= 11 is 2.94. The van der Waals surface area contributed by atoms with Crippen molar-refractivity contribution in [1.29, 1.82) is 5.26 Å². The van der Waals surface area contributed by atoms with Gasteiger partial charge in [0, 0.05) is 25.0 Å². The van der Waals surface area contributed by atoms with Gasteiger partial charge in [0.1, 0.15) is 5.41 Å². The van der Waals surface area contributed by atoms with Gasteiger partial charge in [0.05, 0.1) is 6.07 Å². The molecular weight excluding hydrogens is 420 g/mol. The van der Waals surface area contributed by atoms with E-state index in [0.29, 0.717) is 6.04 Å². The molecule has 1 aliphatic heterocycles. The lowest BCUT2D eigenvalue weighted by molar-refractivity contribution is 0.0352. The van der Waals surface area contributed by atoms with Crippen molar-refractivity contribution < 1.29 is 0 Å². The zero-order chi connectivity index (χ0) is 20.7. The van der Waals surface area contributed by atoms with Crippen LogP contribution >= 0.6 is 15.9 Å². The third-order valence-electron chi connectivity index (χ3n) is 5.99. The molecule has 0 radical (unpaired) electrons. The highest BCUT2D eigenvalue weighted by molar-refractivity contribution is 9.08. The van der Waals surface area contributed by atoms with Crippen LogP contribution < -0.4 is 0 Å². The molecule has 3 heteroatoms. The summed E-state index contributed by atoms with van der Waals surface area (Å²) in [6, 6.07) is 34.3. The number of nitrogens with zero attached hydrogens (tertiary/aromatic N) is 2. The van der Waals surface area contributed by atoms with E-state index in [0.717, 1.165) is 24.2 Å². The molecule has 0 bridgehead atoms. The fraction of sp³-hybridized carbons (Fsp3) is 0.269. The van der Waals surface area contributed by atoms with Gasteiger partial charge in [-0.25, -0.2) is 0 Å². The summed E-state index contributed by atoms with van der Waals surface area (Å²) in [6.07, 6.45) is 0. The Hall–Kier alpha value is -2.41. The summed E-state index contributed by atoms with van der Waals surface area (Å²) in [5.74, 6) is 2.09. The molecule has 3 aromatic rings. The van der Waals surface area contributed by atoms with Gasteiger partial charge < -0.3 is 0 Å². The number of halogens is 1. The van der Waals surface area contributed by atoms with Gasteiger partial charge in [-0.2, -0.15) is 5.26 Å². The number of hydrogen-bond donors (Lipinski definition) is 0. The molecule has 1 unspecified atom stereocenters. The second kappa shape index (κ2) is 9.87. The first-order chi connectivity index (χ1) is 14.3. The molecule has 1 saturated heterocycles. The second-order valence-electron chi connectivity index (χ2n) is 7.39. The number of alkyl halides is 1. The van der Waals surface area contributed by atoms with E-state index in [2.05, 4.69) is 88.4 Å². The summed E-state index contributed by atoms with van der Waals surface area (Å²) in [4.78, 5) is 2.47. The highest BCUT2D eigenvalue weighted by Gasteiger charge is 2.49. The topological polar surface area (TPSA) is 27.0 Å². The Balaban J connectivity index is 0.00000117. The van der Waals surface area contributed by atoms with Crippen LogP contribution in [-0.4, -0.2) is 23.8 Å². The number of benzene rings is 3. The Labute approximate surface area is 182 Å². The van der Waals surface area contributed by atoms with Gasteiger partial charge in [0.25, 0.3) is 0 Å². The lowest BCUT2D eigenvalue weighted by atomic mass is 9.63. The largest absolute Gasteiger partial charge is 0.296 e. The van der Waals surface area contributed by atoms with Gasteiger partial charge >= 0.3 is 0 Å². The zero-order valence-electron chi connectivity index (χ0n) is 17.0. The molecule has 0 aliphatic carbocycles. The molecule has 0 N–H and O–H groups in total. The number of likely N-dealkylation sites (tertiary alicyclic amines) is 1. The molecular formula is C26H27BrN2. The summed E-state index contributed by atoms with van der Waals surface area (Å²) in [6.45, 7) is 4.10. The predicted octanol–water partition coefficient (Wildman–Crippen LogP) is 6.20. The van der Waals surface area contributed by atoms with E-state index in [4.69, 9.17) is 0 Å². The lowest BCUT2D eigenvalue weighted by Gasteiger charge is -2.50. The highest BCUT2D eigenvalue weighted by atomic mass is 79.9. The molecule has 1 fully saturated rings. The van der Waals surface area contributed by atoms with Gasteiger partial charge in [-0.15, -0.1) is 0 Å². The molecule has 29 heavy (non-hydrogen) atoms. The third kappa shape index (κ3) is 4.15. The maximum atomic E-state index is 10.4. The number of nitriles is 1. The van der Waals surface area contributed by atoms with Gasteiger partial charge in [-0.1, -0.05) is 107 Å². The molecule has 0 amide bonds. The van der Waals surface area contributed by atoms with Crippen molar-refractivity contribution in [3.8, 4) is 6.07 Å². The maximum absolute atomic E-state index is 10.4. The van der Waals surface area contributed by atoms with Crippen LogP contribution in [0.25, 0.3) is 0 Å². The fourth-order valence-corrected chi connectivity index (χ4v) is 4.31. The summed E-state index contributed by atoms with van der Waals surface area (Å²) in [5.41, 5.74) is 2.92. The van der Waals surface area contributed by atoms with Crippen LogP contribution in [0.3, 0.4) is 0 Å². The Morgan fingerprint density at radius 2 is 1.24 bits per heavy atom. The van der Waals surface area contributed by atoms with Crippen molar-refractivity contribution in [2.24, 2.45) is 5.92 Å². The first kappa shape index (κ1) is 21.3. The van der Waals surface area contributed by atoms with Crippen molar-refractivity contribution in [2.75, 3.05) is 18.9 Å². The molecule has 0 spiro atoms. The van der Waals surface area contributed by atoms with Crippen LogP contribution in [-0.2, 0) is 5.41 Å². The average Bonchev–Trinajstić information content (AvgIpc) is 2.79. The van der Waals surface area contributed by atoms with Crippen molar-refractivity contribution in [3.63, 3.8) is 0 Å². The van der Waals surface area contributed by atoms with Crippen molar-refractivity contribution in [2.45, 2.75) is 18.4 Å². The fourth-order valence-electron chi connectivity index (χ4n) is 4.31. The number of hydrogen-bond acceptors (Lipinski definition) is 2. The molecule has 0 saturated carbocycles. The minimum atomic E-state index is -0.602. The Morgan fingerprint density at radius 1 is 0.828 bits per heavy atom. The second-order valence-corrected chi connectivity index (χ2v) is 7.39. The van der Waals surface area contributed by atoms with Crippen LogP contribution in [0, 0.1) is 17.2 Å². The van der Waals surface area contributed by atoms with E-state index in [1.165, 1.54) is 5.56 Å². The van der Waals surface area contributed by atoms with Crippen LogP contribution in [0.1, 0.15) is 29.7 Å². The highest BCUT2D eigenvalue weighted by Crippen LogP contribution is 2.45. The van der Waals surface area contributed by atoms with Crippen molar-refractivity contribution in [1.82, 2.24) is 4.90 Å². The average molecular weight is 447 g/mol.